The molecule has 1 rings (SSSR count). The molecule has 0 aromatic heterocycles. The van der Waals surface area contributed by atoms with E-state index in [9.17, 15) is 0 Å². The van der Waals surface area contributed by atoms with Crippen LogP contribution < -0.4 is 10.6 Å². The smallest absolute Gasteiger partial charge is 0.191 e. The maximum Gasteiger partial charge on any atom is 0.191 e. The molecule has 1 aliphatic heterocycles. The number of thioether (sulfide) groups is 1. The number of hydrogen-bond donors (Lipinski definition) is 2. The van der Waals surface area contributed by atoms with Crippen molar-refractivity contribution in [3.63, 3.8) is 0 Å². The Labute approximate surface area is 145 Å². The van der Waals surface area contributed by atoms with Gasteiger partial charge in [-0.2, -0.15) is 11.8 Å². The predicted octanol–water partition coefficient (Wildman–Crippen LogP) is 2.40. The maximum absolute atomic E-state index is 4.74. The minimum absolute atomic E-state index is 0. The van der Waals surface area contributed by atoms with Crippen molar-refractivity contribution in [2.45, 2.75) is 39.2 Å². The quantitative estimate of drug-likeness (QED) is 0.277. The number of likely N-dealkylation sites (tertiary alicyclic amines) is 1. The van der Waals surface area contributed by atoms with Crippen LogP contribution in [0.4, 0.5) is 0 Å². The Kier molecular flexibility index (Phi) is 13.2. The topological polar surface area (TPSA) is 39.7 Å². The first kappa shape index (κ1) is 20.3. The highest BCUT2D eigenvalue weighted by atomic mass is 127. The van der Waals surface area contributed by atoms with Crippen molar-refractivity contribution in [2.24, 2.45) is 4.99 Å². The van der Waals surface area contributed by atoms with Crippen molar-refractivity contribution in [3.8, 4) is 0 Å². The summed E-state index contributed by atoms with van der Waals surface area (Å²) >= 11 is 1.90. The van der Waals surface area contributed by atoms with Crippen molar-refractivity contribution in [3.05, 3.63) is 0 Å². The number of nitrogens with zero attached hydrogens (tertiary/aromatic N) is 2. The van der Waals surface area contributed by atoms with E-state index in [0.29, 0.717) is 6.04 Å². The summed E-state index contributed by atoms with van der Waals surface area (Å²) in [7, 11) is 0. The molecule has 0 spiro atoms. The van der Waals surface area contributed by atoms with Crippen molar-refractivity contribution >= 4 is 41.7 Å². The summed E-state index contributed by atoms with van der Waals surface area (Å²) in [6.45, 7) is 9.62. The predicted molar refractivity (Wildman–Crippen MR) is 103 cm³/mol. The largest absolute Gasteiger partial charge is 0.357 e. The van der Waals surface area contributed by atoms with E-state index in [1.165, 1.54) is 31.6 Å². The highest BCUT2D eigenvalue weighted by molar-refractivity contribution is 14.0. The summed E-state index contributed by atoms with van der Waals surface area (Å²) in [5, 5.41) is 6.75. The third kappa shape index (κ3) is 7.93. The molecule has 1 aliphatic rings. The molecule has 20 heavy (non-hydrogen) atoms. The molecule has 1 saturated heterocycles. The Morgan fingerprint density at radius 3 is 2.80 bits per heavy atom. The van der Waals surface area contributed by atoms with Crippen LogP contribution in [0.15, 0.2) is 4.99 Å². The van der Waals surface area contributed by atoms with E-state index >= 15 is 0 Å². The lowest BCUT2D eigenvalue weighted by molar-refractivity contribution is 0.273. The number of aliphatic imine (C=N–C) groups is 1. The highest BCUT2D eigenvalue weighted by Gasteiger charge is 2.22. The number of nitrogens with one attached hydrogen (secondary N) is 2. The fourth-order valence-corrected chi connectivity index (χ4v) is 2.91. The first-order valence-corrected chi connectivity index (χ1v) is 8.96. The van der Waals surface area contributed by atoms with Crippen LogP contribution in [-0.2, 0) is 0 Å². The van der Waals surface area contributed by atoms with Crippen molar-refractivity contribution < 1.29 is 0 Å². The van der Waals surface area contributed by atoms with Crippen LogP contribution in [0.3, 0.4) is 0 Å². The second-order valence-electron chi connectivity index (χ2n) is 4.92. The van der Waals surface area contributed by atoms with Crippen LogP contribution in [0.2, 0.25) is 0 Å². The molecular weight excluding hydrogens is 383 g/mol. The van der Waals surface area contributed by atoms with Crippen LogP contribution in [0.25, 0.3) is 0 Å². The molecule has 1 fully saturated rings. The highest BCUT2D eigenvalue weighted by Crippen LogP contribution is 2.16. The van der Waals surface area contributed by atoms with Gasteiger partial charge in [0.15, 0.2) is 5.96 Å². The molecular formula is C14H31IN4S. The van der Waals surface area contributed by atoms with Gasteiger partial charge < -0.3 is 10.6 Å². The summed E-state index contributed by atoms with van der Waals surface area (Å²) in [5.41, 5.74) is 0. The lowest BCUT2D eigenvalue weighted by atomic mass is 10.2. The van der Waals surface area contributed by atoms with Gasteiger partial charge >= 0.3 is 0 Å². The molecule has 1 atom stereocenters. The van der Waals surface area contributed by atoms with Gasteiger partial charge in [0.05, 0.1) is 6.54 Å². The van der Waals surface area contributed by atoms with Crippen molar-refractivity contribution in [1.29, 1.82) is 0 Å². The first-order chi connectivity index (χ1) is 9.31. The minimum Gasteiger partial charge on any atom is -0.357 e. The van der Waals surface area contributed by atoms with Gasteiger partial charge in [0.1, 0.15) is 0 Å². The Bertz CT molecular complexity index is 264. The molecule has 0 saturated carbocycles. The van der Waals surface area contributed by atoms with E-state index in [-0.39, 0.29) is 24.0 Å². The lowest BCUT2D eigenvalue weighted by Gasteiger charge is -2.21. The molecule has 2 N–H and O–H groups in total. The number of rotatable bonds is 8. The van der Waals surface area contributed by atoms with E-state index in [1.54, 1.807) is 0 Å². The fourth-order valence-electron chi connectivity index (χ4n) is 2.48. The van der Waals surface area contributed by atoms with E-state index in [0.717, 1.165) is 32.1 Å². The Morgan fingerprint density at radius 1 is 1.35 bits per heavy atom. The summed E-state index contributed by atoms with van der Waals surface area (Å²) in [6, 6.07) is 0.645. The van der Waals surface area contributed by atoms with Crippen LogP contribution in [0.5, 0.6) is 0 Å². The average Bonchev–Trinajstić information content (AvgIpc) is 2.88. The third-order valence-electron chi connectivity index (χ3n) is 3.53. The van der Waals surface area contributed by atoms with E-state index in [2.05, 4.69) is 35.6 Å². The molecule has 0 radical (unpaired) electrons. The van der Waals surface area contributed by atoms with Gasteiger partial charge in [-0.1, -0.05) is 6.92 Å². The van der Waals surface area contributed by atoms with Gasteiger partial charge in [0, 0.05) is 19.1 Å². The summed E-state index contributed by atoms with van der Waals surface area (Å²) in [6.07, 6.45) is 5.96. The normalized spacial score (nSPS) is 19.8. The lowest BCUT2D eigenvalue weighted by Crippen LogP contribution is -2.39. The number of hydrogen-bond acceptors (Lipinski definition) is 3. The molecule has 120 valence electrons. The zero-order valence-corrected chi connectivity index (χ0v) is 16.3. The maximum atomic E-state index is 4.74. The van der Waals surface area contributed by atoms with Gasteiger partial charge in [-0.15, -0.1) is 24.0 Å². The molecule has 0 aliphatic carbocycles. The van der Waals surface area contributed by atoms with E-state index in [4.69, 9.17) is 4.99 Å². The zero-order chi connectivity index (χ0) is 13.9. The monoisotopic (exact) mass is 414 g/mol. The fraction of sp³-hybridized carbons (Fsp3) is 0.929. The molecule has 4 nitrogen and oxygen atoms in total. The summed E-state index contributed by atoms with van der Waals surface area (Å²) in [5.74, 6) is 2.19. The van der Waals surface area contributed by atoms with Gasteiger partial charge in [0.25, 0.3) is 0 Å². The van der Waals surface area contributed by atoms with Gasteiger partial charge in [0.2, 0.25) is 0 Å². The van der Waals surface area contributed by atoms with Crippen LogP contribution >= 0.6 is 35.7 Å². The summed E-state index contributed by atoms with van der Waals surface area (Å²) < 4.78 is 0. The molecule has 0 aromatic carbocycles. The molecule has 0 aromatic rings. The van der Waals surface area contributed by atoms with Crippen LogP contribution in [-0.4, -0.2) is 61.6 Å². The number of likely N-dealkylation sites (N-methyl/N-ethyl adjacent to an activating group) is 1. The zero-order valence-electron chi connectivity index (χ0n) is 13.2. The molecule has 6 heteroatoms. The third-order valence-corrected chi connectivity index (χ3v) is 4.22. The second kappa shape index (κ2) is 13.0. The van der Waals surface area contributed by atoms with Crippen LogP contribution in [0.1, 0.15) is 33.1 Å². The molecule has 0 bridgehead atoms. The second-order valence-corrected chi connectivity index (χ2v) is 5.90. The van der Waals surface area contributed by atoms with E-state index < -0.39 is 0 Å². The Morgan fingerprint density at radius 2 is 2.15 bits per heavy atom. The first-order valence-electron chi connectivity index (χ1n) is 7.57. The van der Waals surface area contributed by atoms with Gasteiger partial charge in [-0.05, 0) is 51.3 Å². The SMILES string of the molecule is CCNC(=NCC1CCCN1CC)NCCCSC.I. The number of guanidine groups is 1. The standard InChI is InChI=1S/C14H30N4S.HI/c1-4-15-14(16-9-7-11-19-3)17-12-13-8-6-10-18(13)5-2;/h13H,4-12H2,1-3H3,(H2,15,16,17);1H. The van der Waals surface area contributed by atoms with Crippen LogP contribution in [0, 0.1) is 0 Å². The Balaban J connectivity index is 0.00000361. The minimum atomic E-state index is 0. The van der Waals surface area contributed by atoms with Gasteiger partial charge in [-0.25, -0.2) is 0 Å². The molecule has 1 heterocycles. The van der Waals surface area contributed by atoms with Crippen molar-refractivity contribution in [2.75, 3.05) is 44.7 Å². The van der Waals surface area contributed by atoms with E-state index in [1.807, 2.05) is 11.8 Å². The average molecular weight is 414 g/mol. The molecule has 0 amide bonds. The Hall–Kier alpha value is 0.310. The number of halogens is 1. The summed E-state index contributed by atoms with van der Waals surface area (Å²) in [4.78, 5) is 7.28. The van der Waals surface area contributed by atoms with Gasteiger partial charge in [-0.3, -0.25) is 9.89 Å². The van der Waals surface area contributed by atoms with Crippen molar-refractivity contribution in [1.82, 2.24) is 15.5 Å². The molecule has 1 unspecified atom stereocenters.